The molecule has 17 heavy (non-hydrogen) atoms. The van der Waals surface area contributed by atoms with E-state index in [1.165, 1.54) is 38.0 Å². The van der Waals surface area contributed by atoms with Crippen LogP contribution in [0.3, 0.4) is 0 Å². The first-order valence-corrected chi connectivity index (χ1v) is 7.65. The van der Waals surface area contributed by atoms with Gasteiger partial charge in [-0.3, -0.25) is 0 Å². The average molecular weight is 282 g/mol. The fraction of sp³-hybridized carbons (Fsp3) is 0.923. The second-order valence-corrected chi connectivity index (χ2v) is 5.13. The van der Waals surface area contributed by atoms with E-state index in [2.05, 4.69) is 0 Å². The van der Waals surface area contributed by atoms with Gasteiger partial charge in [0.25, 0.3) is 0 Å². The zero-order chi connectivity index (χ0) is 12.3. The molecule has 1 aliphatic rings. The van der Waals surface area contributed by atoms with Crippen LogP contribution in [0.15, 0.2) is 0 Å². The molecule has 1 radical (unpaired) electrons. The first-order chi connectivity index (χ1) is 8.38. The Labute approximate surface area is 115 Å². The van der Waals surface area contributed by atoms with Gasteiger partial charge < -0.3 is 9.47 Å². The quantitative estimate of drug-likeness (QED) is 0.516. The van der Waals surface area contributed by atoms with Gasteiger partial charge in [0, 0.05) is 17.7 Å². The van der Waals surface area contributed by atoms with E-state index >= 15 is 0 Å². The molecular formula is C13H23Cl2O2. The Morgan fingerprint density at radius 2 is 1.29 bits per heavy atom. The van der Waals surface area contributed by atoms with Crippen LogP contribution in [0.25, 0.3) is 0 Å². The Morgan fingerprint density at radius 3 is 1.76 bits per heavy atom. The number of ether oxygens (including phenoxy) is 2. The Balaban J connectivity index is 2.39. The van der Waals surface area contributed by atoms with Crippen LogP contribution in [0.4, 0.5) is 0 Å². The predicted octanol–water partition coefficient (Wildman–Crippen LogP) is 4.14. The lowest BCUT2D eigenvalue weighted by Gasteiger charge is -2.28. The summed E-state index contributed by atoms with van der Waals surface area (Å²) in [5, 5.41) is 0. The zero-order valence-corrected chi connectivity index (χ0v) is 11.9. The molecule has 0 amide bonds. The summed E-state index contributed by atoms with van der Waals surface area (Å²) in [7, 11) is 0. The van der Waals surface area contributed by atoms with Gasteiger partial charge in [0.2, 0.25) is 0 Å². The van der Waals surface area contributed by atoms with Gasteiger partial charge in [-0.15, -0.1) is 23.2 Å². The lowest BCUT2D eigenvalue weighted by atomic mass is 9.90. The third kappa shape index (κ3) is 6.85. The molecule has 4 heteroatoms. The van der Waals surface area contributed by atoms with Crippen LogP contribution in [0, 0.1) is 5.92 Å². The van der Waals surface area contributed by atoms with Crippen molar-refractivity contribution in [1.29, 1.82) is 0 Å². The minimum absolute atomic E-state index is 0.189. The number of alkyl halides is 2. The van der Waals surface area contributed by atoms with Crippen LogP contribution >= 0.6 is 23.2 Å². The maximum atomic E-state index is 5.68. The SMILES string of the molecule is ClCCOC(OCCCl)[C]1CCCCCCC1. The number of halogens is 2. The van der Waals surface area contributed by atoms with Crippen LogP contribution in [0.2, 0.25) is 0 Å². The van der Waals surface area contributed by atoms with Gasteiger partial charge in [-0.05, 0) is 12.8 Å². The summed E-state index contributed by atoms with van der Waals surface area (Å²) >= 11 is 11.3. The Bertz CT molecular complexity index is 163. The lowest BCUT2D eigenvalue weighted by Crippen LogP contribution is -2.28. The largest absolute Gasteiger partial charge is 0.351 e. The molecule has 0 aromatic heterocycles. The normalized spacial score (nSPS) is 19.2. The van der Waals surface area contributed by atoms with Gasteiger partial charge in [-0.25, -0.2) is 0 Å². The summed E-state index contributed by atoms with van der Waals surface area (Å²) in [4.78, 5) is 0. The van der Waals surface area contributed by atoms with Crippen molar-refractivity contribution in [2.24, 2.45) is 0 Å². The molecule has 2 nitrogen and oxygen atoms in total. The summed E-state index contributed by atoms with van der Waals surface area (Å²) in [5.74, 6) is 2.40. The van der Waals surface area contributed by atoms with Gasteiger partial charge in [-0.2, -0.15) is 0 Å². The van der Waals surface area contributed by atoms with Crippen molar-refractivity contribution in [3.05, 3.63) is 5.92 Å². The van der Waals surface area contributed by atoms with Gasteiger partial charge in [0.15, 0.2) is 6.29 Å². The van der Waals surface area contributed by atoms with Crippen LogP contribution in [0.5, 0.6) is 0 Å². The van der Waals surface area contributed by atoms with E-state index in [4.69, 9.17) is 32.7 Å². The van der Waals surface area contributed by atoms with E-state index in [-0.39, 0.29) is 6.29 Å². The first kappa shape index (κ1) is 15.6. The monoisotopic (exact) mass is 281 g/mol. The van der Waals surface area contributed by atoms with Crippen LogP contribution in [-0.2, 0) is 9.47 Å². The van der Waals surface area contributed by atoms with E-state index < -0.39 is 0 Å². The number of hydrogen-bond acceptors (Lipinski definition) is 2. The maximum absolute atomic E-state index is 5.68. The minimum atomic E-state index is -0.189. The molecule has 1 rings (SSSR count). The van der Waals surface area contributed by atoms with Crippen molar-refractivity contribution < 1.29 is 9.47 Å². The van der Waals surface area contributed by atoms with Crippen molar-refractivity contribution in [1.82, 2.24) is 0 Å². The summed E-state index contributed by atoms with van der Waals surface area (Å²) < 4.78 is 11.4. The molecule has 1 fully saturated rings. The molecule has 0 saturated heterocycles. The van der Waals surface area contributed by atoms with Crippen LogP contribution in [0.1, 0.15) is 44.9 Å². The molecule has 0 spiro atoms. The standard InChI is InChI=1S/C13H23Cl2O2/c14-8-10-16-13(17-11-9-15)12-6-4-2-1-3-5-7-12/h13H,1-11H2. The second-order valence-electron chi connectivity index (χ2n) is 4.38. The fourth-order valence-electron chi connectivity index (χ4n) is 2.18. The molecule has 0 N–H and O–H groups in total. The summed E-state index contributed by atoms with van der Waals surface area (Å²) in [5.41, 5.74) is 0. The fourth-order valence-corrected chi connectivity index (χ4v) is 2.36. The van der Waals surface area contributed by atoms with Crippen molar-refractivity contribution in [3.63, 3.8) is 0 Å². The van der Waals surface area contributed by atoms with E-state index in [1.54, 1.807) is 0 Å². The smallest absolute Gasteiger partial charge is 0.163 e. The lowest BCUT2D eigenvalue weighted by molar-refractivity contribution is -0.128. The van der Waals surface area contributed by atoms with E-state index in [1.807, 2.05) is 0 Å². The first-order valence-electron chi connectivity index (χ1n) is 6.58. The Kier molecular flexibility index (Phi) is 9.54. The van der Waals surface area contributed by atoms with E-state index in [0.717, 1.165) is 12.8 Å². The molecule has 0 atom stereocenters. The molecule has 0 aromatic rings. The molecule has 0 heterocycles. The van der Waals surface area contributed by atoms with Gasteiger partial charge >= 0.3 is 0 Å². The van der Waals surface area contributed by atoms with Crippen molar-refractivity contribution in [2.75, 3.05) is 25.0 Å². The number of rotatable bonds is 7. The molecule has 0 aliphatic heterocycles. The van der Waals surface area contributed by atoms with Crippen molar-refractivity contribution in [3.8, 4) is 0 Å². The van der Waals surface area contributed by atoms with Gasteiger partial charge in [-0.1, -0.05) is 32.1 Å². The third-order valence-corrected chi connectivity index (χ3v) is 3.33. The second kappa shape index (κ2) is 10.4. The zero-order valence-electron chi connectivity index (χ0n) is 10.4. The highest BCUT2D eigenvalue weighted by molar-refractivity contribution is 6.18. The predicted molar refractivity (Wildman–Crippen MR) is 72.7 cm³/mol. The van der Waals surface area contributed by atoms with Crippen LogP contribution in [-0.4, -0.2) is 31.3 Å². The van der Waals surface area contributed by atoms with Gasteiger partial charge in [0.05, 0.1) is 13.2 Å². The molecule has 101 valence electrons. The molecular weight excluding hydrogens is 259 g/mol. The highest BCUT2D eigenvalue weighted by Gasteiger charge is 2.23. The third-order valence-electron chi connectivity index (χ3n) is 3.02. The highest BCUT2D eigenvalue weighted by Crippen LogP contribution is 2.28. The Morgan fingerprint density at radius 1 is 0.824 bits per heavy atom. The summed E-state index contributed by atoms with van der Waals surface area (Å²) in [6, 6.07) is 0. The van der Waals surface area contributed by atoms with Gasteiger partial charge in [0.1, 0.15) is 0 Å². The van der Waals surface area contributed by atoms with E-state index in [9.17, 15) is 0 Å². The minimum Gasteiger partial charge on any atom is -0.351 e. The van der Waals surface area contributed by atoms with Crippen molar-refractivity contribution >= 4 is 23.2 Å². The Hall–Kier alpha value is 0.500. The topological polar surface area (TPSA) is 18.5 Å². The summed E-state index contributed by atoms with van der Waals surface area (Å²) in [6.45, 7) is 1.08. The average Bonchev–Trinajstić information content (AvgIpc) is 2.30. The van der Waals surface area contributed by atoms with Crippen molar-refractivity contribution in [2.45, 2.75) is 51.2 Å². The highest BCUT2D eigenvalue weighted by atomic mass is 35.5. The van der Waals surface area contributed by atoms with E-state index in [0.29, 0.717) is 25.0 Å². The molecule has 0 bridgehead atoms. The molecule has 1 saturated carbocycles. The molecule has 1 aliphatic carbocycles. The molecule has 0 unspecified atom stereocenters. The number of hydrogen-bond donors (Lipinski definition) is 0. The molecule has 0 aromatic carbocycles. The maximum Gasteiger partial charge on any atom is 0.163 e. The van der Waals surface area contributed by atoms with Crippen LogP contribution < -0.4 is 0 Å². The summed E-state index contributed by atoms with van der Waals surface area (Å²) in [6.07, 6.45) is 8.56.